The van der Waals surface area contributed by atoms with Crippen molar-refractivity contribution in [3.05, 3.63) is 5.15 Å². The zero-order valence-electron chi connectivity index (χ0n) is 10.6. The number of anilines is 1. The first-order valence-corrected chi connectivity index (χ1v) is 5.34. The SMILES string of the molecule is [2H]C([2H])([2H])Oc1nc(SCCC)nc(Cl)c1N. The Bertz CT molecular complexity index is 402. The van der Waals surface area contributed by atoms with Crippen LogP contribution in [0.3, 0.4) is 0 Å². The number of halogens is 1. The van der Waals surface area contributed by atoms with Crippen molar-refractivity contribution in [3.8, 4) is 5.88 Å². The number of nitrogen functional groups attached to an aromatic ring is 1. The fraction of sp³-hybridized carbons (Fsp3) is 0.500. The molecule has 0 amide bonds. The standard InChI is InChI=1S/C8H12ClN3OS/c1-3-4-14-8-11-6(9)5(10)7(12-8)13-2/h3-4,10H2,1-2H3/i2D3. The van der Waals surface area contributed by atoms with Crippen LogP contribution in [0.2, 0.25) is 5.15 Å². The summed E-state index contributed by atoms with van der Waals surface area (Å²) in [4.78, 5) is 7.85. The van der Waals surface area contributed by atoms with E-state index in [2.05, 4.69) is 14.7 Å². The molecule has 6 heteroatoms. The number of aromatic nitrogens is 2. The number of methoxy groups -OCH3 is 1. The van der Waals surface area contributed by atoms with Gasteiger partial charge in [-0.1, -0.05) is 30.3 Å². The molecule has 0 saturated heterocycles. The van der Waals surface area contributed by atoms with E-state index in [9.17, 15) is 0 Å². The van der Waals surface area contributed by atoms with E-state index in [0.717, 1.165) is 12.2 Å². The van der Waals surface area contributed by atoms with Gasteiger partial charge in [0, 0.05) is 5.75 Å². The van der Waals surface area contributed by atoms with Crippen molar-refractivity contribution in [3.63, 3.8) is 0 Å². The molecule has 0 atom stereocenters. The van der Waals surface area contributed by atoms with E-state index >= 15 is 0 Å². The van der Waals surface area contributed by atoms with Crippen LogP contribution in [-0.2, 0) is 0 Å². The van der Waals surface area contributed by atoms with E-state index in [1.165, 1.54) is 11.8 Å². The van der Waals surface area contributed by atoms with Gasteiger partial charge in [-0.25, -0.2) is 4.98 Å². The van der Waals surface area contributed by atoms with E-state index < -0.39 is 7.04 Å². The molecule has 0 saturated carbocycles. The highest BCUT2D eigenvalue weighted by Gasteiger charge is 2.10. The van der Waals surface area contributed by atoms with Gasteiger partial charge < -0.3 is 10.5 Å². The molecule has 0 aliphatic carbocycles. The third-order valence-electron chi connectivity index (χ3n) is 1.38. The summed E-state index contributed by atoms with van der Waals surface area (Å²) in [5, 5.41) is 0.350. The Kier molecular flexibility index (Phi) is 2.85. The number of hydrogen-bond donors (Lipinski definition) is 1. The van der Waals surface area contributed by atoms with Gasteiger partial charge >= 0.3 is 0 Å². The number of rotatable bonds is 4. The molecular weight excluding hydrogens is 222 g/mol. The monoisotopic (exact) mass is 236 g/mol. The highest BCUT2D eigenvalue weighted by Crippen LogP contribution is 2.28. The lowest BCUT2D eigenvalue weighted by molar-refractivity contribution is 0.395. The topological polar surface area (TPSA) is 61.0 Å². The minimum absolute atomic E-state index is 0.00199. The van der Waals surface area contributed by atoms with E-state index in [4.69, 9.17) is 21.4 Å². The summed E-state index contributed by atoms with van der Waals surface area (Å²) in [5.41, 5.74) is 5.48. The Morgan fingerprint density at radius 2 is 2.43 bits per heavy atom. The summed E-state index contributed by atoms with van der Waals surface area (Å²) in [6, 6.07) is 0. The number of nitrogens with zero attached hydrogens (tertiary/aromatic N) is 2. The van der Waals surface area contributed by atoms with Crippen molar-refractivity contribution >= 4 is 29.1 Å². The molecule has 2 N–H and O–H groups in total. The lowest BCUT2D eigenvalue weighted by Crippen LogP contribution is -2.00. The van der Waals surface area contributed by atoms with Crippen LogP contribution in [0.4, 0.5) is 5.69 Å². The molecule has 0 fully saturated rings. The third kappa shape index (κ3) is 2.65. The van der Waals surface area contributed by atoms with Crippen molar-refractivity contribution in [1.82, 2.24) is 9.97 Å². The number of thioether (sulfide) groups is 1. The number of nitrogens with two attached hydrogens (primary N) is 1. The van der Waals surface area contributed by atoms with Crippen molar-refractivity contribution in [2.24, 2.45) is 0 Å². The second kappa shape index (κ2) is 5.26. The Morgan fingerprint density at radius 3 is 3.07 bits per heavy atom. The molecule has 0 unspecified atom stereocenters. The van der Waals surface area contributed by atoms with Crippen LogP contribution >= 0.6 is 23.4 Å². The molecule has 1 aromatic heterocycles. The second-order valence-corrected chi connectivity index (χ2v) is 3.89. The first-order valence-electron chi connectivity index (χ1n) is 5.48. The summed E-state index contributed by atoms with van der Waals surface area (Å²) < 4.78 is 25.6. The first kappa shape index (κ1) is 7.59. The molecule has 0 radical (unpaired) electrons. The fourth-order valence-electron chi connectivity index (χ4n) is 0.740. The Labute approximate surface area is 96.4 Å². The Morgan fingerprint density at radius 1 is 1.64 bits per heavy atom. The molecule has 0 aliphatic heterocycles. The van der Waals surface area contributed by atoms with Crippen molar-refractivity contribution in [2.75, 3.05) is 18.5 Å². The summed E-state index contributed by atoms with van der Waals surface area (Å²) in [5.74, 6) is 0.594. The molecule has 14 heavy (non-hydrogen) atoms. The second-order valence-electron chi connectivity index (χ2n) is 2.47. The van der Waals surface area contributed by atoms with Crippen LogP contribution in [0.15, 0.2) is 5.16 Å². The Balaban J connectivity index is 2.98. The van der Waals surface area contributed by atoms with Crippen LogP contribution in [0.25, 0.3) is 0 Å². The highest BCUT2D eigenvalue weighted by atomic mass is 35.5. The van der Waals surface area contributed by atoms with Crippen LogP contribution in [0.5, 0.6) is 5.88 Å². The molecule has 1 aromatic rings. The number of ether oxygens (including phenoxy) is 1. The van der Waals surface area contributed by atoms with Crippen LogP contribution < -0.4 is 10.5 Å². The summed E-state index contributed by atoms with van der Waals surface area (Å²) in [6.07, 6.45) is 0.936. The largest absolute Gasteiger partial charge is 0.479 e. The van der Waals surface area contributed by atoms with Gasteiger partial charge in [-0.3, -0.25) is 0 Å². The quantitative estimate of drug-likeness (QED) is 0.494. The van der Waals surface area contributed by atoms with E-state index in [1.807, 2.05) is 6.92 Å². The molecule has 4 nitrogen and oxygen atoms in total. The zero-order valence-corrected chi connectivity index (χ0v) is 9.15. The maximum Gasteiger partial charge on any atom is 0.242 e. The molecular formula is C8H12ClN3OS. The van der Waals surface area contributed by atoms with Crippen molar-refractivity contribution in [2.45, 2.75) is 18.5 Å². The lowest BCUT2D eigenvalue weighted by Gasteiger charge is -2.06. The van der Waals surface area contributed by atoms with Gasteiger partial charge in [-0.05, 0) is 6.42 Å². The summed E-state index contributed by atoms with van der Waals surface area (Å²) in [7, 11) is -2.61. The van der Waals surface area contributed by atoms with Crippen LogP contribution in [0.1, 0.15) is 17.5 Å². The minimum atomic E-state index is -2.61. The first-order chi connectivity index (χ1) is 7.83. The van der Waals surface area contributed by atoms with Crippen LogP contribution in [-0.4, -0.2) is 22.8 Å². The lowest BCUT2D eigenvalue weighted by atomic mass is 10.5. The normalized spacial score (nSPS) is 14.3. The zero-order chi connectivity index (χ0) is 13.1. The third-order valence-corrected chi connectivity index (χ3v) is 2.72. The molecule has 0 spiro atoms. The molecule has 1 heterocycles. The van der Waals surface area contributed by atoms with Gasteiger partial charge in [0.2, 0.25) is 5.88 Å². The predicted molar refractivity (Wildman–Crippen MR) is 59.0 cm³/mol. The van der Waals surface area contributed by atoms with Gasteiger partial charge in [0.15, 0.2) is 10.3 Å². The van der Waals surface area contributed by atoms with Crippen LogP contribution in [0, 0.1) is 0 Å². The molecule has 1 rings (SSSR count). The summed E-state index contributed by atoms with van der Waals surface area (Å²) in [6.45, 7) is 2.01. The van der Waals surface area contributed by atoms with E-state index in [-0.39, 0.29) is 16.7 Å². The summed E-state index contributed by atoms with van der Waals surface area (Å²) >= 11 is 7.13. The molecule has 78 valence electrons. The average molecular weight is 237 g/mol. The fourth-order valence-corrected chi connectivity index (χ4v) is 1.64. The maximum atomic E-state index is 6.99. The van der Waals surface area contributed by atoms with Gasteiger partial charge in [-0.15, -0.1) is 0 Å². The average Bonchev–Trinajstić information content (AvgIpc) is 2.20. The molecule has 0 aromatic carbocycles. The Hall–Kier alpha value is -0.680. The smallest absolute Gasteiger partial charge is 0.242 e. The van der Waals surface area contributed by atoms with Gasteiger partial charge in [0.05, 0.1) is 11.2 Å². The van der Waals surface area contributed by atoms with E-state index in [1.54, 1.807) is 0 Å². The highest BCUT2D eigenvalue weighted by molar-refractivity contribution is 7.99. The van der Waals surface area contributed by atoms with Gasteiger partial charge in [-0.2, -0.15) is 4.98 Å². The van der Waals surface area contributed by atoms with Gasteiger partial charge in [0.25, 0.3) is 0 Å². The maximum absolute atomic E-state index is 6.99. The molecule has 0 bridgehead atoms. The van der Waals surface area contributed by atoms with Crippen molar-refractivity contribution in [1.29, 1.82) is 0 Å². The molecule has 0 aliphatic rings. The van der Waals surface area contributed by atoms with Crippen molar-refractivity contribution < 1.29 is 8.85 Å². The van der Waals surface area contributed by atoms with E-state index in [0.29, 0.717) is 5.16 Å². The number of hydrogen-bond acceptors (Lipinski definition) is 5. The van der Waals surface area contributed by atoms with Gasteiger partial charge in [0.1, 0.15) is 5.69 Å². The minimum Gasteiger partial charge on any atom is -0.479 e. The predicted octanol–water partition coefficient (Wildman–Crippen LogP) is 2.22.